The number of nitrogens with one attached hydrogen (secondary N) is 2. The van der Waals surface area contributed by atoms with Crippen molar-refractivity contribution in [3.8, 4) is 0 Å². The predicted molar refractivity (Wildman–Crippen MR) is 88.9 cm³/mol. The quantitative estimate of drug-likeness (QED) is 0.750. The van der Waals surface area contributed by atoms with E-state index in [1.807, 2.05) is 31.2 Å². The van der Waals surface area contributed by atoms with Crippen LogP contribution in [-0.2, 0) is 6.54 Å². The summed E-state index contributed by atoms with van der Waals surface area (Å²) in [7, 11) is 0. The van der Waals surface area contributed by atoms with Crippen LogP contribution in [-0.4, -0.2) is 21.3 Å². The molecule has 0 fully saturated rings. The lowest BCUT2D eigenvalue weighted by atomic mass is 10.1. The van der Waals surface area contributed by atoms with Crippen molar-refractivity contribution in [2.45, 2.75) is 20.4 Å². The number of aryl methyl sites for hydroxylation is 2. The molecule has 3 rings (SSSR count). The van der Waals surface area contributed by atoms with Crippen molar-refractivity contribution in [2.24, 2.45) is 0 Å². The van der Waals surface area contributed by atoms with E-state index in [9.17, 15) is 4.79 Å². The second-order valence-corrected chi connectivity index (χ2v) is 5.42. The highest BCUT2D eigenvalue weighted by Gasteiger charge is 2.09. The standard InChI is InChI=1S/C17H17N5O2/c1-11-4-3-5-13(8-11)10-18-17(23)14-6-7-15(21-20-14)19-16-9-12(2)24-22-16/h3-9H,10H2,1-2H3,(H,18,23)(H,19,21,22). The van der Waals surface area contributed by atoms with Crippen LogP contribution in [0.25, 0.3) is 0 Å². The molecule has 7 nitrogen and oxygen atoms in total. The lowest BCUT2D eigenvalue weighted by Gasteiger charge is -2.06. The number of hydrogen-bond acceptors (Lipinski definition) is 6. The van der Waals surface area contributed by atoms with Crippen molar-refractivity contribution >= 4 is 17.5 Å². The van der Waals surface area contributed by atoms with Gasteiger partial charge >= 0.3 is 0 Å². The fourth-order valence-electron chi connectivity index (χ4n) is 2.17. The van der Waals surface area contributed by atoms with Crippen molar-refractivity contribution in [1.82, 2.24) is 20.7 Å². The summed E-state index contributed by atoms with van der Waals surface area (Å²) < 4.78 is 4.96. The number of anilines is 2. The lowest BCUT2D eigenvalue weighted by Crippen LogP contribution is -2.24. The summed E-state index contributed by atoms with van der Waals surface area (Å²) in [6.45, 7) is 4.25. The Morgan fingerprint density at radius 1 is 1.08 bits per heavy atom. The molecule has 3 aromatic rings. The van der Waals surface area contributed by atoms with E-state index in [1.54, 1.807) is 25.1 Å². The van der Waals surface area contributed by atoms with Crippen molar-refractivity contribution in [3.05, 3.63) is 65.0 Å². The van der Waals surface area contributed by atoms with Crippen molar-refractivity contribution in [3.63, 3.8) is 0 Å². The number of nitrogens with zero attached hydrogens (tertiary/aromatic N) is 3. The monoisotopic (exact) mass is 323 g/mol. The summed E-state index contributed by atoms with van der Waals surface area (Å²) in [4.78, 5) is 12.1. The molecule has 0 bridgehead atoms. The Labute approximate surface area is 139 Å². The minimum absolute atomic E-state index is 0.254. The summed E-state index contributed by atoms with van der Waals surface area (Å²) in [5, 5.41) is 17.5. The third-order valence-corrected chi connectivity index (χ3v) is 3.32. The molecule has 2 aromatic heterocycles. The van der Waals surface area contributed by atoms with E-state index in [0.29, 0.717) is 23.9 Å². The highest BCUT2D eigenvalue weighted by Crippen LogP contribution is 2.13. The van der Waals surface area contributed by atoms with E-state index in [-0.39, 0.29) is 11.6 Å². The van der Waals surface area contributed by atoms with Gasteiger partial charge in [-0.3, -0.25) is 4.79 Å². The van der Waals surface area contributed by atoms with E-state index in [0.717, 1.165) is 11.1 Å². The van der Waals surface area contributed by atoms with E-state index < -0.39 is 0 Å². The normalized spacial score (nSPS) is 10.4. The van der Waals surface area contributed by atoms with E-state index in [4.69, 9.17) is 4.52 Å². The molecule has 0 aliphatic rings. The van der Waals surface area contributed by atoms with Crippen molar-refractivity contribution < 1.29 is 9.32 Å². The van der Waals surface area contributed by atoms with E-state index >= 15 is 0 Å². The molecule has 1 aromatic carbocycles. The molecule has 1 amide bonds. The van der Waals surface area contributed by atoms with Gasteiger partial charge in [0.25, 0.3) is 5.91 Å². The second-order valence-electron chi connectivity index (χ2n) is 5.42. The Bertz CT molecular complexity index is 842. The summed E-state index contributed by atoms with van der Waals surface area (Å²) in [5.74, 6) is 1.45. The highest BCUT2D eigenvalue weighted by molar-refractivity contribution is 5.92. The molecule has 0 aliphatic heterocycles. The van der Waals surface area contributed by atoms with E-state index in [2.05, 4.69) is 26.0 Å². The van der Waals surface area contributed by atoms with Gasteiger partial charge in [0.2, 0.25) is 0 Å². The first-order valence-corrected chi connectivity index (χ1v) is 7.48. The largest absolute Gasteiger partial charge is 0.360 e. The molecule has 0 saturated carbocycles. The number of rotatable bonds is 5. The van der Waals surface area contributed by atoms with Gasteiger partial charge in [0, 0.05) is 12.6 Å². The van der Waals surface area contributed by atoms with E-state index in [1.165, 1.54) is 0 Å². The highest BCUT2D eigenvalue weighted by atomic mass is 16.5. The smallest absolute Gasteiger partial charge is 0.272 e. The molecule has 0 atom stereocenters. The minimum atomic E-state index is -0.271. The SMILES string of the molecule is Cc1cccc(CNC(=O)c2ccc(Nc3cc(C)on3)nn2)c1. The maximum atomic E-state index is 12.1. The average molecular weight is 323 g/mol. The maximum absolute atomic E-state index is 12.1. The van der Waals surface area contributed by atoms with Gasteiger partial charge in [0.1, 0.15) is 5.76 Å². The van der Waals surface area contributed by atoms with Crippen molar-refractivity contribution in [2.75, 3.05) is 5.32 Å². The van der Waals surface area contributed by atoms with Crippen LogP contribution < -0.4 is 10.6 Å². The zero-order valence-corrected chi connectivity index (χ0v) is 13.4. The fraction of sp³-hybridized carbons (Fsp3) is 0.176. The third-order valence-electron chi connectivity index (χ3n) is 3.32. The molecule has 0 saturated heterocycles. The van der Waals surface area contributed by atoms with Crippen LogP contribution in [0.3, 0.4) is 0 Å². The van der Waals surface area contributed by atoms with Crippen LogP contribution >= 0.6 is 0 Å². The Morgan fingerprint density at radius 2 is 1.96 bits per heavy atom. The number of hydrogen-bond donors (Lipinski definition) is 2. The zero-order chi connectivity index (χ0) is 16.9. The van der Waals surface area contributed by atoms with Crippen LogP contribution in [0.15, 0.2) is 47.0 Å². The van der Waals surface area contributed by atoms with Crippen LogP contribution in [0.2, 0.25) is 0 Å². The topological polar surface area (TPSA) is 92.9 Å². The van der Waals surface area contributed by atoms with Gasteiger partial charge in [-0.15, -0.1) is 10.2 Å². The number of aromatic nitrogens is 3. The van der Waals surface area contributed by atoms with Gasteiger partial charge in [-0.2, -0.15) is 0 Å². The fourth-order valence-corrected chi connectivity index (χ4v) is 2.17. The Kier molecular flexibility index (Phi) is 4.51. The molecule has 122 valence electrons. The van der Waals surface area contributed by atoms with Crippen LogP contribution in [0.4, 0.5) is 11.6 Å². The predicted octanol–water partition coefficient (Wildman–Crippen LogP) is 2.76. The molecule has 0 radical (unpaired) electrons. The first-order chi connectivity index (χ1) is 11.6. The third kappa shape index (κ3) is 3.95. The number of amides is 1. The van der Waals surface area contributed by atoms with Gasteiger partial charge in [-0.25, -0.2) is 0 Å². The lowest BCUT2D eigenvalue weighted by molar-refractivity contribution is 0.0945. The summed E-state index contributed by atoms with van der Waals surface area (Å²) in [6, 6.07) is 13.0. The first kappa shape index (κ1) is 15.7. The number of carbonyl (C=O) groups is 1. The zero-order valence-electron chi connectivity index (χ0n) is 13.4. The van der Waals surface area contributed by atoms with Gasteiger partial charge in [-0.05, 0) is 31.5 Å². The summed E-state index contributed by atoms with van der Waals surface area (Å²) in [5.41, 5.74) is 2.44. The molecular formula is C17H17N5O2. The van der Waals surface area contributed by atoms with Crippen LogP contribution in [0.5, 0.6) is 0 Å². The minimum Gasteiger partial charge on any atom is -0.360 e. The Hall–Kier alpha value is -3.22. The second kappa shape index (κ2) is 6.91. The molecule has 2 heterocycles. The van der Waals surface area contributed by atoms with Crippen LogP contribution in [0, 0.1) is 13.8 Å². The van der Waals surface area contributed by atoms with Crippen molar-refractivity contribution in [1.29, 1.82) is 0 Å². The number of carbonyl (C=O) groups excluding carboxylic acids is 1. The molecule has 0 spiro atoms. The molecule has 24 heavy (non-hydrogen) atoms. The molecule has 0 unspecified atom stereocenters. The first-order valence-electron chi connectivity index (χ1n) is 7.48. The van der Waals surface area contributed by atoms with Gasteiger partial charge in [0.15, 0.2) is 17.3 Å². The molecule has 7 heteroatoms. The molecule has 2 N–H and O–H groups in total. The molecular weight excluding hydrogens is 306 g/mol. The van der Waals surface area contributed by atoms with Crippen LogP contribution in [0.1, 0.15) is 27.4 Å². The summed E-state index contributed by atoms with van der Waals surface area (Å²) >= 11 is 0. The summed E-state index contributed by atoms with van der Waals surface area (Å²) in [6.07, 6.45) is 0. The van der Waals surface area contributed by atoms with Gasteiger partial charge < -0.3 is 15.2 Å². The maximum Gasteiger partial charge on any atom is 0.272 e. The van der Waals surface area contributed by atoms with Gasteiger partial charge in [-0.1, -0.05) is 35.0 Å². The van der Waals surface area contributed by atoms with Gasteiger partial charge in [0.05, 0.1) is 0 Å². The average Bonchev–Trinajstić information content (AvgIpc) is 2.98. The number of benzene rings is 1. The Balaban J connectivity index is 1.59. The Morgan fingerprint density at radius 3 is 2.62 bits per heavy atom. The molecule has 0 aliphatic carbocycles.